The molecule has 0 aliphatic rings. The summed E-state index contributed by atoms with van der Waals surface area (Å²) in [4.78, 5) is 0. The molecule has 9 aromatic carbocycles. The molecule has 218 valence electrons. The minimum Gasteiger partial charge on any atom is -0.309 e. The fourth-order valence-corrected chi connectivity index (χ4v) is 7.91. The first kappa shape index (κ1) is 26.1. The number of hydrogen-bond donors (Lipinski definition) is 0. The van der Waals surface area contributed by atoms with E-state index in [2.05, 4.69) is 180 Å². The number of rotatable bonds is 3. The lowest BCUT2D eigenvalue weighted by Crippen LogP contribution is -1.95. The molecule has 0 bridgehead atoms. The van der Waals surface area contributed by atoms with Crippen molar-refractivity contribution in [2.24, 2.45) is 0 Å². The molecule has 1 heteroatoms. The summed E-state index contributed by atoms with van der Waals surface area (Å²) < 4.78 is 2.41. The summed E-state index contributed by atoms with van der Waals surface area (Å²) in [7, 11) is 0. The summed E-state index contributed by atoms with van der Waals surface area (Å²) in [5, 5.41) is 12.7. The molecular weight excluding hydrogens is 567 g/mol. The maximum atomic E-state index is 2.41. The van der Waals surface area contributed by atoms with Crippen molar-refractivity contribution in [3.8, 4) is 27.9 Å². The Hall–Kier alpha value is -6.18. The zero-order valence-corrected chi connectivity index (χ0v) is 25.7. The predicted molar refractivity (Wildman–Crippen MR) is 202 cm³/mol. The third-order valence-corrected chi connectivity index (χ3v) is 9.94. The van der Waals surface area contributed by atoms with E-state index in [1.165, 1.54) is 92.8 Å². The highest BCUT2D eigenvalue weighted by molar-refractivity contribution is 6.22. The molecule has 0 amide bonds. The second kappa shape index (κ2) is 10.2. The van der Waals surface area contributed by atoms with Crippen molar-refractivity contribution >= 4 is 64.9 Å². The lowest BCUT2D eigenvalue weighted by atomic mass is 9.85. The van der Waals surface area contributed by atoms with E-state index >= 15 is 0 Å². The van der Waals surface area contributed by atoms with Crippen LogP contribution >= 0.6 is 0 Å². The van der Waals surface area contributed by atoms with E-state index in [9.17, 15) is 0 Å². The summed E-state index contributed by atoms with van der Waals surface area (Å²) in [5.74, 6) is 0. The molecule has 1 aromatic heterocycles. The summed E-state index contributed by atoms with van der Waals surface area (Å²) in [6, 6.07) is 64.6. The van der Waals surface area contributed by atoms with E-state index in [4.69, 9.17) is 0 Å². The van der Waals surface area contributed by atoms with Gasteiger partial charge in [0.2, 0.25) is 0 Å². The van der Waals surface area contributed by atoms with Crippen LogP contribution in [0.5, 0.6) is 0 Å². The summed E-state index contributed by atoms with van der Waals surface area (Å²) >= 11 is 0. The topological polar surface area (TPSA) is 4.93 Å². The van der Waals surface area contributed by atoms with Gasteiger partial charge in [-0.1, -0.05) is 146 Å². The molecule has 0 aliphatic heterocycles. The van der Waals surface area contributed by atoms with Gasteiger partial charge in [-0.3, -0.25) is 0 Å². The maximum Gasteiger partial charge on any atom is 0.0541 e. The van der Waals surface area contributed by atoms with Gasteiger partial charge in [0.15, 0.2) is 0 Å². The number of aromatic nitrogens is 1. The van der Waals surface area contributed by atoms with Crippen molar-refractivity contribution in [2.45, 2.75) is 0 Å². The Morgan fingerprint density at radius 2 is 0.723 bits per heavy atom. The average molecular weight is 596 g/mol. The number of nitrogens with zero attached hydrogens (tertiary/aromatic N) is 1. The predicted octanol–water partition coefficient (Wildman–Crippen LogP) is 12.7. The first-order valence-electron chi connectivity index (χ1n) is 16.3. The summed E-state index contributed by atoms with van der Waals surface area (Å²) in [6.45, 7) is 0. The zero-order chi connectivity index (χ0) is 30.9. The fourth-order valence-electron chi connectivity index (χ4n) is 7.91. The van der Waals surface area contributed by atoms with Crippen molar-refractivity contribution in [3.63, 3.8) is 0 Å². The second-order valence-electron chi connectivity index (χ2n) is 12.5. The largest absolute Gasteiger partial charge is 0.309 e. The molecule has 0 spiro atoms. The normalized spacial score (nSPS) is 11.8. The number of benzene rings is 9. The number of fused-ring (bicyclic) bond motifs is 8. The molecule has 1 nitrogen and oxygen atoms in total. The van der Waals surface area contributed by atoms with Crippen LogP contribution in [-0.2, 0) is 0 Å². The minimum atomic E-state index is 1.17. The van der Waals surface area contributed by atoms with Crippen molar-refractivity contribution < 1.29 is 0 Å². The van der Waals surface area contributed by atoms with E-state index < -0.39 is 0 Å². The van der Waals surface area contributed by atoms with Gasteiger partial charge >= 0.3 is 0 Å². The van der Waals surface area contributed by atoms with E-state index in [1.807, 2.05) is 0 Å². The van der Waals surface area contributed by atoms with Gasteiger partial charge in [-0.15, -0.1) is 0 Å². The van der Waals surface area contributed by atoms with Crippen LogP contribution in [0.2, 0.25) is 0 Å². The highest BCUT2D eigenvalue weighted by atomic mass is 15.0. The van der Waals surface area contributed by atoms with Crippen molar-refractivity contribution in [1.29, 1.82) is 0 Å². The van der Waals surface area contributed by atoms with Crippen LogP contribution in [0.25, 0.3) is 92.8 Å². The molecule has 0 atom stereocenters. The maximum absolute atomic E-state index is 2.41. The number of hydrogen-bond acceptors (Lipinski definition) is 0. The van der Waals surface area contributed by atoms with Gasteiger partial charge < -0.3 is 4.57 Å². The number of para-hydroxylation sites is 2. The molecule has 0 N–H and O–H groups in total. The summed E-state index contributed by atoms with van der Waals surface area (Å²) in [6.07, 6.45) is 0. The van der Waals surface area contributed by atoms with Crippen LogP contribution < -0.4 is 0 Å². The molecule has 47 heavy (non-hydrogen) atoms. The quantitative estimate of drug-likeness (QED) is 0.141. The Balaban J connectivity index is 1.26. The first-order valence-corrected chi connectivity index (χ1v) is 16.3. The van der Waals surface area contributed by atoms with Crippen LogP contribution in [0, 0.1) is 0 Å². The van der Waals surface area contributed by atoms with Gasteiger partial charge in [0.25, 0.3) is 0 Å². The zero-order valence-electron chi connectivity index (χ0n) is 25.7. The standard InChI is InChI=1S/C46H29N/c1-2-15-35-30(12-1)24-25-31-26-27-33(29-42(31)35)46-40-20-5-3-18-38(40)45(39-19-4-6-21-41(39)46)32-13-11-14-34(28-32)47-43-22-9-7-16-36(43)37-17-8-10-23-44(37)47/h1-29H. The van der Waals surface area contributed by atoms with Crippen LogP contribution in [-0.4, -0.2) is 4.57 Å². The Morgan fingerprint density at radius 3 is 1.32 bits per heavy atom. The van der Waals surface area contributed by atoms with Gasteiger partial charge in [0, 0.05) is 16.5 Å². The lowest BCUT2D eigenvalue weighted by Gasteiger charge is -2.19. The van der Waals surface area contributed by atoms with Crippen molar-refractivity contribution in [3.05, 3.63) is 176 Å². The molecule has 0 fully saturated rings. The third kappa shape index (κ3) is 3.90. The minimum absolute atomic E-state index is 1.17. The SMILES string of the molecule is c1cc(-c2c3ccccc3c(-c3ccc4ccc5ccccc5c4c3)c3ccccc23)cc(-n2c3ccccc3c3ccccc32)c1. The van der Waals surface area contributed by atoms with E-state index in [0.29, 0.717) is 0 Å². The Bertz CT molecular complexity index is 2740. The lowest BCUT2D eigenvalue weighted by molar-refractivity contribution is 1.18. The van der Waals surface area contributed by atoms with Gasteiger partial charge in [0.1, 0.15) is 0 Å². The Kier molecular flexibility index (Phi) is 5.64. The van der Waals surface area contributed by atoms with Crippen LogP contribution in [0.1, 0.15) is 0 Å². The van der Waals surface area contributed by atoms with Gasteiger partial charge in [0.05, 0.1) is 11.0 Å². The summed E-state index contributed by atoms with van der Waals surface area (Å²) in [5.41, 5.74) is 8.62. The van der Waals surface area contributed by atoms with Gasteiger partial charge in [-0.05, 0) is 95.7 Å². The molecule has 0 saturated heterocycles. The second-order valence-corrected chi connectivity index (χ2v) is 12.5. The molecular formula is C46H29N. The van der Waals surface area contributed by atoms with E-state index in [0.717, 1.165) is 0 Å². The third-order valence-electron chi connectivity index (χ3n) is 9.94. The van der Waals surface area contributed by atoms with Gasteiger partial charge in [-0.25, -0.2) is 0 Å². The monoisotopic (exact) mass is 595 g/mol. The molecule has 0 saturated carbocycles. The molecule has 0 aliphatic carbocycles. The molecule has 10 rings (SSSR count). The van der Waals surface area contributed by atoms with Crippen molar-refractivity contribution in [1.82, 2.24) is 4.57 Å². The smallest absolute Gasteiger partial charge is 0.0541 e. The van der Waals surface area contributed by atoms with Gasteiger partial charge in [-0.2, -0.15) is 0 Å². The average Bonchev–Trinajstić information content (AvgIpc) is 3.48. The molecule has 10 aromatic rings. The van der Waals surface area contributed by atoms with E-state index in [1.54, 1.807) is 0 Å². The van der Waals surface area contributed by atoms with Crippen LogP contribution in [0.15, 0.2) is 176 Å². The van der Waals surface area contributed by atoms with Crippen LogP contribution in [0.3, 0.4) is 0 Å². The Morgan fingerprint density at radius 1 is 0.277 bits per heavy atom. The Labute approximate surface area is 272 Å². The molecule has 0 unspecified atom stereocenters. The van der Waals surface area contributed by atoms with E-state index in [-0.39, 0.29) is 0 Å². The fraction of sp³-hybridized carbons (Fsp3) is 0. The van der Waals surface area contributed by atoms with Crippen LogP contribution in [0.4, 0.5) is 0 Å². The molecule has 1 heterocycles. The highest BCUT2D eigenvalue weighted by Gasteiger charge is 2.18. The first-order chi connectivity index (χ1) is 23.3. The van der Waals surface area contributed by atoms with Crippen molar-refractivity contribution in [2.75, 3.05) is 0 Å². The highest BCUT2D eigenvalue weighted by Crippen LogP contribution is 2.45. The molecule has 0 radical (unpaired) electrons.